The zero-order valence-corrected chi connectivity index (χ0v) is 10.7. The Morgan fingerprint density at radius 3 is 2.89 bits per heavy atom. The van der Waals surface area contributed by atoms with Gasteiger partial charge in [-0.25, -0.2) is 0 Å². The third-order valence-electron chi connectivity index (χ3n) is 2.78. The molecule has 18 heavy (non-hydrogen) atoms. The second kappa shape index (κ2) is 5.50. The predicted octanol–water partition coefficient (Wildman–Crippen LogP) is 3.85. The van der Waals surface area contributed by atoms with E-state index in [1.165, 1.54) is 12.5 Å². The number of nitrogens with one attached hydrogen (secondary N) is 1. The monoisotopic (exact) mass is 239 g/mol. The molecule has 2 nitrogen and oxygen atoms in total. The fourth-order valence-corrected chi connectivity index (χ4v) is 1.95. The van der Waals surface area contributed by atoms with Gasteiger partial charge in [0.15, 0.2) is 0 Å². The molecule has 0 saturated carbocycles. The van der Waals surface area contributed by atoms with Crippen LogP contribution in [0.15, 0.2) is 48.6 Å². The van der Waals surface area contributed by atoms with Gasteiger partial charge in [-0.2, -0.15) is 0 Å². The topological polar surface area (TPSA) is 29.1 Å². The van der Waals surface area contributed by atoms with E-state index in [9.17, 15) is 4.79 Å². The Morgan fingerprint density at radius 1 is 1.28 bits per heavy atom. The van der Waals surface area contributed by atoms with E-state index in [1.54, 1.807) is 0 Å². The van der Waals surface area contributed by atoms with Crippen LogP contribution >= 0.6 is 0 Å². The number of amides is 1. The molecule has 0 heterocycles. The molecule has 0 unspecified atom stereocenters. The lowest BCUT2D eigenvalue weighted by molar-refractivity contribution is -0.114. The van der Waals surface area contributed by atoms with Gasteiger partial charge < -0.3 is 5.32 Å². The van der Waals surface area contributed by atoms with E-state index in [0.717, 1.165) is 23.2 Å². The van der Waals surface area contributed by atoms with Gasteiger partial charge in [-0.3, -0.25) is 4.79 Å². The van der Waals surface area contributed by atoms with Gasteiger partial charge >= 0.3 is 0 Å². The van der Waals surface area contributed by atoms with E-state index < -0.39 is 0 Å². The first-order valence-electron chi connectivity index (χ1n) is 6.09. The Balaban J connectivity index is 2.47. The molecule has 1 amide bonds. The molecular formula is C16H17NO. The minimum atomic E-state index is -0.0474. The number of anilines is 1. The van der Waals surface area contributed by atoms with Gasteiger partial charge in [0.05, 0.1) is 0 Å². The first-order valence-corrected chi connectivity index (χ1v) is 6.09. The van der Waals surface area contributed by atoms with Gasteiger partial charge in [0.2, 0.25) is 5.91 Å². The maximum atomic E-state index is 11.2. The molecule has 0 spiro atoms. The average molecular weight is 239 g/mol. The Labute approximate surface area is 108 Å². The molecule has 0 aromatic heterocycles. The molecule has 1 aromatic carbocycles. The molecule has 0 fully saturated rings. The number of hydrogen-bond acceptors (Lipinski definition) is 1. The van der Waals surface area contributed by atoms with Crippen LogP contribution in [-0.2, 0) is 4.79 Å². The van der Waals surface area contributed by atoms with E-state index in [1.807, 2.05) is 12.1 Å². The fraction of sp³-hybridized carbons (Fsp3) is 0.188. The number of aryl methyl sites for hydroxylation is 1. The molecule has 0 radical (unpaired) electrons. The molecule has 2 rings (SSSR count). The van der Waals surface area contributed by atoms with Crippen LogP contribution in [0.4, 0.5) is 5.69 Å². The second-order valence-electron chi connectivity index (χ2n) is 4.42. The van der Waals surface area contributed by atoms with Crippen LogP contribution < -0.4 is 5.32 Å². The van der Waals surface area contributed by atoms with Crippen molar-refractivity contribution in [2.24, 2.45) is 0 Å². The summed E-state index contributed by atoms with van der Waals surface area (Å²) in [5.41, 5.74) is 4.23. The summed E-state index contributed by atoms with van der Waals surface area (Å²) < 4.78 is 0. The Morgan fingerprint density at radius 2 is 2.11 bits per heavy atom. The van der Waals surface area contributed by atoms with Gasteiger partial charge in [-0.05, 0) is 31.1 Å². The van der Waals surface area contributed by atoms with Crippen LogP contribution in [0.1, 0.15) is 24.5 Å². The second-order valence-corrected chi connectivity index (χ2v) is 4.42. The molecule has 1 N–H and O–H groups in total. The van der Waals surface area contributed by atoms with Crippen molar-refractivity contribution in [2.75, 3.05) is 5.32 Å². The SMILES string of the molecule is CC(=O)Nc1ccc(C)cc1C1=CC=CCC=C1. The molecule has 0 atom stereocenters. The number of allylic oxidation sites excluding steroid dienone is 6. The first-order chi connectivity index (χ1) is 8.66. The minimum Gasteiger partial charge on any atom is -0.326 e. The Hall–Kier alpha value is -2.09. The van der Waals surface area contributed by atoms with Gasteiger partial charge in [0, 0.05) is 18.2 Å². The zero-order chi connectivity index (χ0) is 13.0. The lowest BCUT2D eigenvalue weighted by Gasteiger charge is -2.11. The molecule has 2 heteroatoms. The van der Waals surface area contributed by atoms with Crippen molar-refractivity contribution in [3.63, 3.8) is 0 Å². The quantitative estimate of drug-likeness (QED) is 0.834. The lowest BCUT2D eigenvalue weighted by atomic mass is 10.0. The summed E-state index contributed by atoms with van der Waals surface area (Å²) >= 11 is 0. The van der Waals surface area contributed by atoms with Crippen LogP contribution in [-0.4, -0.2) is 5.91 Å². The summed E-state index contributed by atoms with van der Waals surface area (Å²) in [6.45, 7) is 3.58. The van der Waals surface area contributed by atoms with Crippen molar-refractivity contribution >= 4 is 17.2 Å². The smallest absolute Gasteiger partial charge is 0.221 e. The molecule has 1 aliphatic rings. The van der Waals surface area contributed by atoms with Crippen molar-refractivity contribution in [1.29, 1.82) is 0 Å². The summed E-state index contributed by atoms with van der Waals surface area (Å²) in [7, 11) is 0. The Bertz CT molecular complexity index is 550. The molecule has 1 aliphatic carbocycles. The van der Waals surface area contributed by atoms with Crippen molar-refractivity contribution < 1.29 is 4.79 Å². The summed E-state index contributed by atoms with van der Waals surface area (Å²) in [6.07, 6.45) is 11.4. The van der Waals surface area contributed by atoms with Crippen LogP contribution in [0.3, 0.4) is 0 Å². The highest BCUT2D eigenvalue weighted by Gasteiger charge is 2.07. The molecular weight excluding hydrogens is 222 g/mol. The zero-order valence-electron chi connectivity index (χ0n) is 10.7. The van der Waals surface area contributed by atoms with Crippen LogP contribution in [0.2, 0.25) is 0 Å². The third-order valence-corrected chi connectivity index (χ3v) is 2.78. The summed E-state index contributed by atoms with van der Waals surface area (Å²) in [6, 6.07) is 6.06. The van der Waals surface area contributed by atoms with Gasteiger partial charge in [0.1, 0.15) is 0 Å². The number of rotatable bonds is 2. The van der Waals surface area contributed by atoms with Crippen molar-refractivity contribution in [3.8, 4) is 0 Å². The standard InChI is InChI=1S/C16H17NO/c1-12-9-10-16(17-13(2)18)15(11-12)14-7-5-3-4-6-8-14/h3,5-11H,4H2,1-2H3,(H,17,18). The van der Waals surface area contributed by atoms with Crippen LogP contribution in [0, 0.1) is 6.92 Å². The van der Waals surface area contributed by atoms with Crippen molar-refractivity contribution in [3.05, 3.63) is 59.7 Å². The van der Waals surface area contributed by atoms with Crippen molar-refractivity contribution in [2.45, 2.75) is 20.3 Å². The highest BCUT2D eigenvalue weighted by molar-refractivity contribution is 5.94. The first kappa shape index (κ1) is 12.4. The maximum Gasteiger partial charge on any atom is 0.221 e. The minimum absolute atomic E-state index is 0.0474. The highest BCUT2D eigenvalue weighted by atomic mass is 16.1. The predicted molar refractivity (Wildman–Crippen MR) is 76.4 cm³/mol. The average Bonchev–Trinajstić information content (AvgIpc) is 2.59. The summed E-state index contributed by atoms with van der Waals surface area (Å²) in [4.78, 5) is 11.2. The summed E-state index contributed by atoms with van der Waals surface area (Å²) in [5.74, 6) is -0.0474. The molecule has 1 aromatic rings. The molecule has 92 valence electrons. The number of carbonyl (C=O) groups is 1. The van der Waals surface area contributed by atoms with Crippen LogP contribution in [0.25, 0.3) is 5.57 Å². The van der Waals surface area contributed by atoms with Gasteiger partial charge in [-0.15, -0.1) is 0 Å². The number of hydrogen-bond donors (Lipinski definition) is 1. The summed E-state index contributed by atoms with van der Waals surface area (Å²) in [5, 5.41) is 2.88. The normalized spacial score (nSPS) is 14.0. The van der Waals surface area contributed by atoms with E-state index in [-0.39, 0.29) is 5.91 Å². The van der Waals surface area contributed by atoms with E-state index in [0.29, 0.717) is 0 Å². The number of carbonyl (C=O) groups excluding carboxylic acids is 1. The third kappa shape index (κ3) is 2.98. The fourth-order valence-electron chi connectivity index (χ4n) is 1.95. The highest BCUT2D eigenvalue weighted by Crippen LogP contribution is 2.27. The van der Waals surface area contributed by atoms with E-state index in [4.69, 9.17) is 0 Å². The molecule has 0 saturated heterocycles. The lowest BCUT2D eigenvalue weighted by Crippen LogP contribution is -2.07. The molecule has 0 aliphatic heterocycles. The van der Waals surface area contributed by atoms with E-state index >= 15 is 0 Å². The Kier molecular flexibility index (Phi) is 3.78. The van der Waals surface area contributed by atoms with Crippen molar-refractivity contribution in [1.82, 2.24) is 0 Å². The molecule has 0 bridgehead atoms. The van der Waals surface area contributed by atoms with Crippen LogP contribution in [0.5, 0.6) is 0 Å². The van der Waals surface area contributed by atoms with Gasteiger partial charge in [-0.1, -0.05) is 42.0 Å². The van der Waals surface area contributed by atoms with Gasteiger partial charge in [0.25, 0.3) is 0 Å². The van der Waals surface area contributed by atoms with E-state index in [2.05, 4.69) is 48.7 Å². The maximum absolute atomic E-state index is 11.2. The number of benzene rings is 1. The largest absolute Gasteiger partial charge is 0.326 e.